The first-order valence-electron chi connectivity index (χ1n) is 13.9. The Balaban J connectivity index is 1.47. The lowest BCUT2D eigenvalue weighted by Crippen LogP contribution is -2.34. The molecule has 202 valence electrons. The number of hydrogen-bond acceptors (Lipinski definition) is 4. The van der Waals surface area contributed by atoms with Crippen LogP contribution < -0.4 is 14.5 Å². The molecule has 0 aliphatic carbocycles. The maximum absolute atomic E-state index is 13.7. The third-order valence-corrected chi connectivity index (χ3v) is 7.46. The van der Waals surface area contributed by atoms with Gasteiger partial charge in [-0.1, -0.05) is 51.1 Å². The van der Waals surface area contributed by atoms with Gasteiger partial charge in [0, 0.05) is 36.8 Å². The molecule has 1 saturated heterocycles. The van der Waals surface area contributed by atoms with Crippen LogP contribution in [0.4, 0.5) is 11.5 Å². The minimum atomic E-state index is -0.126. The Labute approximate surface area is 232 Å². The van der Waals surface area contributed by atoms with Crippen molar-refractivity contribution in [2.24, 2.45) is 5.41 Å². The highest BCUT2D eigenvalue weighted by molar-refractivity contribution is 6.03. The van der Waals surface area contributed by atoms with Crippen LogP contribution in [0.1, 0.15) is 51.2 Å². The first kappa shape index (κ1) is 26.7. The Morgan fingerprint density at radius 3 is 2.33 bits per heavy atom. The summed E-state index contributed by atoms with van der Waals surface area (Å²) in [4.78, 5) is 22.8. The van der Waals surface area contributed by atoms with Crippen molar-refractivity contribution in [1.82, 2.24) is 4.98 Å². The molecule has 1 aliphatic heterocycles. The van der Waals surface area contributed by atoms with Crippen LogP contribution in [0.25, 0.3) is 21.9 Å². The van der Waals surface area contributed by atoms with E-state index in [1.54, 1.807) is 7.11 Å². The van der Waals surface area contributed by atoms with Crippen molar-refractivity contribution < 1.29 is 9.53 Å². The van der Waals surface area contributed by atoms with Gasteiger partial charge in [0.05, 0.1) is 13.7 Å². The summed E-state index contributed by atoms with van der Waals surface area (Å²) >= 11 is 0. The second-order valence-corrected chi connectivity index (χ2v) is 11.8. The monoisotopic (exact) mass is 521 g/mol. The number of anilines is 2. The van der Waals surface area contributed by atoms with Gasteiger partial charge >= 0.3 is 0 Å². The summed E-state index contributed by atoms with van der Waals surface area (Å²) in [5.41, 5.74) is 5.57. The third kappa shape index (κ3) is 6.08. The maximum atomic E-state index is 13.7. The van der Waals surface area contributed by atoms with E-state index >= 15 is 0 Å². The molecular formula is C34H39N3O2. The maximum Gasteiger partial charge on any atom is 0.229 e. The van der Waals surface area contributed by atoms with E-state index in [9.17, 15) is 4.79 Å². The number of hydrogen-bond donors (Lipinski definition) is 0. The molecule has 2 heterocycles. The van der Waals surface area contributed by atoms with E-state index in [4.69, 9.17) is 9.72 Å². The van der Waals surface area contributed by atoms with Crippen molar-refractivity contribution in [2.45, 2.75) is 53.5 Å². The molecule has 0 N–H and O–H groups in total. The number of benzene rings is 3. The van der Waals surface area contributed by atoms with E-state index in [-0.39, 0.29) is 11.3 Å². The molecule has 4 aromatic rings. The van der Waals surface area contributed by atoms with Gasteiger partial charge in [0.25, 0.3) is 0 Å². The van der Waals surface area contributed by atoms with Gasteiger partial charge in [-0.2, -0.15) is 0 Å². The molecule has 5 rings (SSSR count). The largest absolute Gasteiger partial charge is 0.496 e. The summed E-state index contributed by atoms with van der Waals surface area (Å²) in [6, 6.07) is 23.3. The lowest BCUT2D eigenvalue weighted by Gasteiger charge is -2.27. The van der Waals surface area contributed by atoms with Gasteiger partial charge in [0.1, 0.15) is 11.6 Å². The van der Waals surface area contributed by atoms with E-state index in [0.29, 0.717) is 13.0 Å². The highest BCUT2D eigenvalue weighted by atomic mass is 16.5. The average Bonchev–Trinajstić information content (AvgIpc) is 3.46. The molecule has 1 fully saturated rings. The average molecular weight is 522 g/mol. The van der Waals surface area contributed by atoms with Gasteiger partial charge in [0.2, 0.25) is 5.91 Å². The second kappa shape index (κ2) is 11.1. The molecule has 0 saturated carbocycles. The molecule has 0 atom stereocenters. The molecule has 1 aliphatic rings. The Hall–Kier alpha value is -3.86. The molecule has 5 heteroatoms. The zero-order valence-corrected chi connectivity index (χ0v) is 23.8. The highest BCUT2D eigenvalue weighted by Gasteiger charge is 2.25. The van der Waals surface area contributed by atoms with Crippen LogP contribution in [0.3, 0.4) is 0 Å². The number of ether oxygens (including phenoxy) is 1. The van der Waals surface area contributed by atoms with Crippen molar-refractivity contribution in [2.75, 3.05) is 30.0 Å². The molecule has 39 heavy (non-hydrogen) atoms. The van der Waals surface area contributed by atoms with E-state index in [0.717, 1.165) is 57.7 Å². The fraction of sp³-hybridized carbons (Fsp3) is 0.353. The van der Waals surface area contributed by atoms with Crippen molar-refractivity contribution in [3.63, 3.8) is 0 Å². The number of methoxy groups -OCH3 is 1. The minimum absolute atomic E-state index is 0.0842. The topological polar surface area (TPSA) is 45.7 Å². The predicted molar refractivity (Wildman–Crippen MR) is 162 cm³/mol. The number of carbonyl (C=O) groups excluding carboxylic acids is 1. The van der Waals surface area contributed by atoms with Gasteiger partial charge in [0.15, 0.2) is 0 Å². The summed E-state index contributed by atoms with van der Waals surface area (Å²) in [6.07, 6.45) is 4.76. The summed E-state index contributed by atoms with van der Waals surface area (Å²) in [6.45, 7) is 11.0. The number of carbonyl (C=O) groups is 1. The highest BCUT2D eigenvalue weighted by Crippen LogP contribution is 2.33. The normalized spacial score (nSPS) is 13.6. The number of fused-ring (bicyclic) bond motifs is 1. The quantitative estimate of drug-likeness (QED) is 0.249. The van der Waals surface area contributed by atoms with Crippen molar-refractivity contribution in [3.05, 3.63) is 84.1 Å². The second-order valence-electron chi connectivity index (χ2n) is 11.8. The first-order valence-corrected chi connectivity index (χ1v) is 13.9. The van der Waals surface area contributed by atoms with Crippen LogP contribution in [0.5, 0.6) is 5.75 Å². The predicted octanol–water partition coefficient (Wildman–Crippen LogP) is 7.79. The number of nitrogens with zero attached hydrogens (tertiary/aromatic N) is 3. The third-order valence-electron chi connectivity index (χ3n) is 7.46. The number of aromatic nitrogens is 1. The summed E-state index contributed by atoms with van der Waals surface area (Å²) in [7, 11) is 1.70. The summed E-state index contributed by atoms with van der Waals surface area (Å²) in [5.74, 6) is 1.70. The van der Waals surface area contributed by atoms with Gasteiger partial charge in [-0.3, -0.25) is 9.69 Å². The molecule has 1 amide bonds. The molecule has 0 spiro atoms. The van der Waals surface area contributed by atoms with Gasteiger partial charge in [-0.05, 0) is 89.2 Å². The number of aryl methyl sites for hydroxylation is 1. The van der Waals surface area contributed by atoms with Crippen LogP contribution in [0, 0.1) is 12.3 Å². The Bertz CT molecular complexity index is 1460. The minimum Gasteiger partial charge on any atom is -0.496 e. The standard InChI is InChI=1S/C34H39N3O2/c1-24-20-27(12-15-31(24)39-5)26-10-8-25(9-11-26)23-37(32(38)22-34(2,3)4)33-30-14-13-29(36-18-6-7-19-36)21-28(30)16-17-35-33/h8-17,20-21H,6-7,18-19,22-23H2,1-5H3. The Kier molecular flexibility index (Phi) is 7.60. The van der Waals surface area contributed by atoms with Crippen molar-refractivity contribution in [3.8, 4) is 16.9 Å². The number of rotatable bonds is 7. The fourth-order valence-corrected chi connectivity index (χ4v) is 5.41. The fourth-order valence-electron chi connectivity index (χ4n) is 5.41. The van der Waals surface area contributed by atoms with E-state index in [2.05, 4.69) is 93.3 Å². The lowest BCUT2D eigenvalue weighted by molar-refractivity contribution is -0.120. The van der Waals surface area contributed by atoms with Gasteiger partial charge in [-0.15, -0.1) is 0 Å². The first-order chi connectivity index (χ1) is 18.7. The molecule has 0 unspecified atom stereocenters. The SMILES string of the molecule is COc1ccc(-c2ccc(CN(C(=O)CC(C)(C)C)c3nccc4cc(N5CCCC5)ccc34)cc2)cc1C. The molecule has 0 bridgehead atoms. The van der Waals surface area contributed by atoms with Crippen LogP contribution in [0.15, 0.2) is 72.9 Å². The molecule has 0 radical (unpaired) electrons. The molecule has 1 aromatic heterocycles. The molecule has 5 nitrogen and oxygen atoms in total. The molecule has 3 aromatic carbocycles. The Morgan fingerprint density at radius 2 is 1.67 bits per heavy atom. The van der Waals surface area contributed by atoms with E-state index in [1.165, 1.54) is 18.5 Å². The van der Waals surface area contributed by atoms with Crippen LogP contribution in [-0.4, -0.2) is 31.1 Å². The molecular weight excluding hydrogens is 482 g/mol. The van der Waals surface area contributed by atoms with E-state index in [1.807, 2.05) is 17.2 Å². The smallest absolute Gasteiger partial charge is 0.229 e. The van der Waals surface area contributed by atoms with Crippen molar-refractivity contribution >= 4 is 28.2 Å². The van der Waals surface area contributed by atoms with E-state index < -0.39 is 0 Å². The van der Waals surface area contributed by atoms with Crippen LogP contribution >= 0.6 is 0 Å². The van der Waals surface area contributed by atoms with Crippen LogP contribution in [0.2, 0.25) is 0 Å². The number of pyridine rings is 1. The zero-order valence-electron chi connectivity index (χ0n) is 23.8. The van der Waals surface area contributed by atoms with Gasteiger partial charge in [-0.25, -0.2) is 4.98 Å². The van der Waals surface area contributed by atoms with Crippen LogP contribution in [-0.2, 0) is 11.3 Å². The van der Waals surface area contributed by atoms with Gasteiger partial charge < -0.3 is 9.64 Å². The number of amides is 1. The Morgan fingerprint density at radius 1 is 0.949 bits per heavy atom. The summed E-state index contributed by atoms with van der Waals surface area (Å²) < 4.78 is 5.41. The zero-order chi connectivity index (χ0) is 27.6. The lowest BCUT2D eigenvalue weighted by atomic mass is 9.91. The van der Waals surface area contributed by atoms with Crippen molar-refractivity contribution in [1.29, 1.82) is 0 Å². The summed E-state index contributed by atoms with van der Waals surface area (Å²) in [5, 5.41) is 2.12.